The van der Waals surface area contributed by atoms with Crippen molar-refractivity contribution in [3.8, 4) is 0 Å². The van der Waals surface area contributed by atoms with E-state index in [9.17, 15) is 4.79 Å². The Bertz CT molecular complexity index is 401. The van der Waals surface area contributed by atoms with Crippen molar-refractivity contribution in [2.75, 3.05) is 5.73 Å². The molecule has 1 heterocycles. The highest BCUT2D eigenvalue weighted by Crippen LogP contribution is 2.22. The predicted molar refractivity (Wildman–Crippen MR) is 57.7 cm³/mol. The molecule has 4 nitrogen and oxygen atoms in total. The summed E-state index contributed by atoms with van der Waals surface area (Å²) in [5.74, 6) is 0.633. The molecule has 0 amide bonds. The van der Waals surface area contributed by atoms with Crippen LogP contribution in [0.2, 0.25) is 0 Å². The number of nitrogens with zero attached hydrogens (tertiary/aromatic N) is 2. The maximum Gasteiger partial charge on any atom is 0.197 e. The third-order valence-corrected chi connectivity index (χ3v) is 2.78. The standard InChI is InChI=1S/C11H15N3O/c1-7(15)11-13-9-6-4-2-3-5-8(9)10(12)14-11/h2-6H2,1H3,(H2,12,13,14). The molecule has 0 saturated heterocycles. The Morgan fingerprint density at radius 3 is 2.67 bits per heavy atom. The summed E-state index contributed by atoms with van der Waals surface area (Å²) in [6.45, 7) is 1.47. The first-order valence-electron chi connectivity index (χ1n) is 5.34. The van der Waals surface area contributed by atoms with Gasteiger partial charge in [-0.2, -0.15) is 0 Å². The Labute approximate surface area is 88.9 Å². The molecule has 4 heteroatoms. The summed E-state index contributed by atoms with van der Waals surface area (Å²) in [5, 5.41) is 0. The van der Waals surface area contributed by atoms with Gasteiger partial charge in [-0.3, -0.25) is 4.79 Å². The lowest BCUT2D eigenvalue weighted by molar-refractivity contribution is 0.100. The highest BCUT2D eigenvalue weighted by Gasteiger charge is 2.16. The Kier molecular flexibility index (Phi) is 2.66. The fourth-order valence-electron chi connectivity index (χ4n) is 1.96. The maximum absolute atomic E-state index is 11.2. The van der Waals surface area contributed by atoms with Crippen molar-refractivity contribution in [3.63, 3.8) is 0 Å². The number of carbonyl (C=O) groups excluding carboxylic acids is 1. The molecular formula is C11H15N3O. The van der Waals surface area contributed by atoms with E-state index in [0.717, 1.165) is 36.9 Å². The van der Waals surface area contributed by atoms with Gasteiger partial charge in [-0.1, -0.05) is 6.42 Å². The van der Waals surface area contributed by atoms with Crippen molar-refractivity contribution in [2.24, 2.45) is 0 Å². The Balaban J connectivity index is 2.48. The number of fused-ring (bicyclic) bond motifs is 1. The molecule has 1 aliphatic carbocycles. The number of ketones is 1. The van der Waals surface area contributed by atoms with Crippen LogP contribution in [0.25, 0.3) is 0 Å². The second-order valence-electron chi connectivity index (χ2n) is 3.97. The monoisotopic (exact) mass is 205 g/mol. The quantitative estimate of drug-likeness (QED) is 0.557. The van der Waals surface area contributed by atoms with Crippen molar-refractivity contribution >= 4 is 11.6 Å². The molecule has 80 valence electrons. The maximum atomic E-state index is 11.2. The van der Waals surface area contributed by atoms with Gasteiger partial charge in [0.2, 0.25) is 0 Å². The van der Waals surface area contributed by atoms with Crippen molar-refractivity contribution < 1.29 is 4.79 Å². The zero-order valence-electron chi connectivity index (χ0n) is 8.92. The molecule has 1 aliphatic rings. The second-order valence-corrected chi connectivity index (χ2v) is 3.97. The fourth-order valence-corrected chi connectivity index (χ4v) is 1.96. The van der Waals surface area contributed by atoms with Crippen LogP contribution >= 0.6 is 0 Å². The number of aryl methyl sites for hydroxylation is 1. The van der Waals surface area contributed by atoms with Gasteiger partial charge in [0.1, 0.15) is 5.82 Å². The van der Waals surface area contributed by atoms with E-state index in [0.29, 0.717) is 5.82 Å². The zero-order chi connectivity index (χ0) is 10.8. The smallest absolute Gasteiger partial charge is 0.197 e. The van der Waals surface area contributed by atoms with E-state index >= 15 is 0 Å². The van der Waals surface area contributed by atoms with Crippen molar-refractivity contribution in [1.82, 2.24) is 9.97 Å². The van der Waals surface area contributed by atoms with Gasteiger partial charge in [-0.05, 0) is 25.7 Å². The number of aromatic nitrogens is 2. The second kappa shape index (κ2) is 3.96. The fraction of sp³-hybridized carbons (Fsp3) is 0.545. The molecule has 0 atom stereocenters. The largest absolute Gasteiger partial charge is 0.383 e. The number of nitrogen functional groups attached to an aromatic ring is 1. The first-order chi connectivity index (χ1) is 7.18. The molecule has 15 heavy (non-hydrogen) atoms. The molecular weight excluding hydrogens is 190 g/mol. The van der Waals surface area contributed by atoms with E-state index in [1.54, 1.807) is 0 Å². The van der Waals surface area contributed by atoms with E-state index in [2.05, 4.69) is 9.97 Å². The van der Waals surface area contributed by atoms with Gasteiger partial charge in [-0.15, -0.1) is 0 Å². The molecule has 0 unspecified atom stereocenters. The molecule has 0 fully saturated rings. The van der Waals surface area contributed by atoms with Gasteiger partial charge in [-0.25, -0.2) is 9.97 Å². The average molecular weight is 205 g/mol. The van der Waals surface area contributed by atoms with Gasteiger partial charge in [0.25, 0.3) is 0 Å². The third kappa shape index (κ3) is 1.98. The van der Waals surface area contributed by atoms with Crippen LogP contribution in [0.3, 0.4) is 0 Å². The first-order valence-corrected chi connectivity index (χ1v) is 5.34. The predicted octanol–water partition coefficient (Wildman–Crippen LogP) is 1.53. The summed E-state index contributed by atoms with van der Waals surface area (Å²) in [7, 11) is 0. The average Bonchev–Trinajstić information content (AvgIpc) is 2.42. The van der Waals surface area contributed by atoms with Crippen molar-refractivity contribution in [3.05, 3.63) is 17.1 Å². The Morgan fingerprint density at radius 2 is 1.93 bits per heavy atom. The van der Waals surface area contributed by atoms with E-state index < -0.39 is 0 Å². The van der Waals surface area contributed by atoms with Crippen molar-refractivity contribution in [2.45, 2.75) is 39.0 Å². The summed E-state index contributed by atoms with van der Waals surface area (Å²) >= 11 is 0. The van der Waals surface area contributed by atoms with E-state index in [4.69, 9.17) is 5.73 Å². The first kappa shape index (κ1) is 10.1. The number of Topliss-reactive ketones (excluding diaryl/α,β-unsaturated/α-hetero) is 1. The van der Waals surface area contributed by atoms with Gasteiger partial charge in [0.05, 0.1) is 0 Å². The van der Waals surface area contributed by atoms with Gasteiger partial charge in [0, 0.05) is 18.2 Å². The van der Waals surface area contributed by atoms with E-state index in [1.807, 2.05) is 0 Å². The molecule has 0 bridgehead atoms. The Morgan fingerprint density at radius 1 is 1.20 bits per heavy atom. The number of rotatable bonds is 1. The molecule has 0 radical (unpaired) electrons. The number of anilines is 1. The van der Waals surface area contributed by atoms with E-state index in [-0.39, 0.29) is 11.6 Å². The topological polar surface area (TPSA) is 68.9 Å². The lowest BCUT2D eigenvalue weighted by Gasteiger charge is -2.08. The van der Waals surface area contributed by atoms with Crippen LogP contribution in [-0.4, -0.2) is 15.8 Å². The SMILES string of the molecule is CC(=O)c1nc(N)c2c(n1)CCCCC2. The van der Waals surface area contributed by atoms with E-state index in [1.165, 1.54) is 13.3 Å². The molecule has 1 aromatic rings. The molecule has 0 aromatic carbocycles. The van der Waals surface area contributed by atoms with Crippen LogP contribution in [0.15, 0.2) is 0 Å². The number of hydrogen-bond acceptors (Lipinski definition) is 4. The summed E-state index contributed by atoms with van der Waals surface area (Å²) < 4.78 is 0. The van der Waals surface area contributed by atoms with Gasteiger partial charge >= 0.3 is 0 Å². The molecule has 0 saturated carbocycles. The molecule has 0 spiro atoms. The van der Waals surface area contributed by atoms with Crippen LogP contribution in [0, 0.1) is 0 Å². The summed E-state index contributed by atoms with van der Waals surface area (Å²) in [5.41, 5.74) is 7.88. The highest BCUT2D eigenvalue weighted by atomic mass is 16.1. The normalized spacial score (nSPS) is 15.5. The zero-order valence-corrected chi connectivity index (χ0v) is 8.92. The molecule has 2 N–H and O–H groups in total. The molecule has 0 aliphatic heterocycles. The van der Waals surface area contributed by atoms with Crippen LogP contribution in [0.1, 0.15) is 48.1 Å². The van der Waals surface area contributed by atoms with Crippen LogP contribution in [-0.2, 0) is 12.8 Å². The minimum atomic E-state index is -0.117. The lowest BCUT2D eigenvalue weighted by Crippen LogP contribution is -2.11. The van der Waals surface area contributed by atoms with Gasteiger partial charge < -0.3 is 5.73 Å². The van der Waals surface area contributed by atoms with Crippen LogP contribution < -0.4 is 5.73 Å². The molecule has 2 rings (SSSR count). The number of nitrogens with two attached hydrogens (primary N) is 1. The van der Waals surface area contributed by atoms with Crippen LogP contribution in [0.4, 0.5) is 5.82 Å². The molecule has 1 aromatic heterocycles. The highest BCUT2D eigenvalue weighted by molar-refractivity contribution is 5.90. The minimum Gasteiger partial charge on any atom is -0.383 e. The number of hydrogen-bond donors (Lipinski definition) is 1. The summed E-state index contributed by atoms with van der Waals surface area (Å²) in [4.78, 5) is 19.5. The number of carbonyl (C=O) groups is 1. The summed E-state index contributed by atoms with van der Waals surface area (Å²) in [6.07, 6.45) is 5.33. The third-order valence-electron chi connectivity index (χ3n) is 2.78. The van der Waals surface area contributed by atoms with Crippen LogP contribution in [0.5, 0.6) is 0 Å². The lowest BCUT2D eigenvalue weighted by atomic mass is 10.1. The Hall–Kier alpha value is -1.45. The minimum absolute atomic E-state index is 0.117. The van der Waals surface area contributed by atoms with Crippen molar-refractivity contribution in [1.29, 1.82) is 0 Å². The van der Waals surface area contributed by atoms with Gasteiger partial charge in [0.15, 0.2) is 11.6 Å². The summed E-state index contributed by atoms with van der Waals surface area (Å²) in [6, 6.07) is 0.